The van der Waals surface area contributed by atoms with Gasteiger partial charge in [0.05, 0.1) is 11.2 Å². The van der Waals surface area contributed by atoms with Gasteiger partial charge in [-0.1, -0.05) is 0 Å². The Hall–Kier alpha value is -1.33. The first kappa shape index (κ1) is 10.2. The van der Waals surface area contributed by atoms with Crippen molar-refractivity contribution < 1.29 is 8.42 Å². The molecule has 0 amide bonds. The summed E-state index contributed by atoms with van der Waals surface area (Å²) in [7, 11) is 1.55. The largest absolute Gasteiger partial charge is 0.306 e. The Morgan fingerprint density at radius 2 is 1.87 bits per heavy atom. The molecule has 0 bridgehead atoms. The zero-order valence-electron chi connectivity index (χ0n) is 7.54. The molecule has 0 atom stereocenters. The Labute approximate surface area is 91.6 Å². The van der Waals surface area contributed by atoms with Gasteiger partial charge < -0.3 is 4.57 Å². The van der Waals surface area contributed by atoms with Crippen molar-refractivity contribution in [2.75, 3.05) is 0 Å². The number of imidazole rings is 1. The quantitative estimate of drug-likeness (QED) is 0.755. The number of benzene rings is 1. The van der Waals surface area contributed by atoms with E-state index >= 15 is 0 Å². The molecule has 0 fully saturated rings. The van der Waals surface area contributed by atoms with E-state index in [2.05, 4.69) is 4.98 Å². The monoisotopic (exact) mass is 242 g/mol. The van der Waals surface area contributed by atoms with Gasteiger partial charge in [-0.15, -0.1) is 0 Å². The lowest BCUT2D eigenvalue weighted by molar-refractivity contribution is 0.609. The van der Waals surface area contributed by atoms with Crippen molar-refractivity contribution in [3.05, 3.63) is 43.0 Å². The lowest BCUT2D eigenvalue weighted by Crippen LogP contribution is -1.93. The number of nitrogens with zero attached hydrogens (tertiary/aromatic N) is 2. The van der Waals surface area contributed by atoms with Crippen molar-refractivity contribution in [2.24, 2.45) is 0 Å². The summed E-state index contributed by atoms with van der Waals surface area (Å²) < 4.78 is 23.7. The minimum Gasteiger partial charge on any atom is -0.306 e. The molecule has 1 heterocycles. The molecule has 0 radical (unpaired) electrons. The van der Waals surface area contributed by atoms with Gasteiger partial charge in [-0.3, -0.25) is 0 Å². The summed E-state index contributed by atoms with van der Waals surface area (Å²) in [4.78, 5) is 3.98. The highest BCUT2D eigenvalue weighted by molar-refractivity contribution is 8.13. The van der Waals surface area contributed by atoms with Crippen LogP contribution in [0.3, 0.4) is 0 Å². The van der Waals surface area contributed by atoms with Gasteiger partial charge in [-0.25, -0.2) is 13.4 Å². The predicted molar refractivity (Wildman–Crippen MR) is 56.6 cm³/mol. The van der Waals surface area contributed by atoms with Crippen molar-refractivity contribution in [3.8, 4) is 5.69 Å². The van der Waals surface area contributed by atoms with Gasteiger partial charge in [0.25, 0.3) is 9.05 Å². The summed E-state index contributed by atoms with van der Waals surface area (Å²) in [6, 6.07) is 6.24. The molecule has 78 valence electrons. The molecular weight excluding hydrogens is 236 g/mol. The molecule has 0 spiro atoms. The van der Waals surface area contributed by atoms with Gasteiger partial charge in [0.1, 0.15) is 0 Å². The second-order valence-corrected chi connectivity index (χ2v) is 5.47. The summed E-state index contributed by atoms with van der Waals surface area (Å²) in [6.07, 6.45) is 5.04. The van der Waals surface area contributed by atoms with Gasteiger partial charge in [-0.2, -0.15) is 0 Å². The molecule has 15 heavy (non-hydrogen) atoms. The average Bonchev–Trinajstić information content (AvgIpc) is 2.69. The van der Waals surface area contributed by atoms with Gasteiger partial charge in [0, 0.05) is 28.8 Å². The number of aromatic nitrogens is 2. The van der Waals surface area contributed by atoms with E-state index in [4.69, 9.17) is 10.7 Å². The van der Waals surface area contributed by atoms with Crippen LogP contribution in [0, 0.1) is 0 Å². The highest BCUT2D eigenvalue weighted by atomic mass is 35.7. The second-order valence-electron chi connectivity index (χ2n) is 2.90. The molecule has 6 heteroatoms. The van der Waals surface area contributed by atoms with Crippen LogP contribution < -0.4 is 0 Å². The lowest BCUT2D eigenvalue weighted by atomic mass is 10.3. The third-order valence-corrected chi connectivity index (χ3v) is 3.29. The molecular formula is C9H7ClN2O2S. The summed E-state index contributed by atoms with van der Waals surface area (Å²) in [5.74, 6) is 0. The highest BCUT2D eigenvalue weighted by Crippen LogP contribution is 2.16. The Morgan fingerprint density at radius 3 is 2.33 bits per heavy atom. The van der Waals surface area contributed by atoms with Crippen molar-refractivity contribution in [1.82, 2.24) is 9.55 Å². The molecule has 0 N–H and O–H groups in total. The summed E-state index contributed by atoms with van der Waals surface area (Å²) in [6.45, 7) is 0. The van der Waals surface area contributed by atoms with Crippen LogP contribution in [0.25, 0.3) is 5.69 Å². The van der Waals surface area contributed by atoms with Crippen LogP contribution in [0.15, 0.2) is 47.9 Å². The third-order valence-electron chi connectivity index (χ3n) is 1.92. The zero-order valence-corrected chi connectivity index (χ0v) is 9.11. The van der Waals surface area contributed by atoms with Gasteiger partial charge in [0.2, 0.25) is 0 Å². The van der Waals surface area contributed by atoms with Crippen molar-refractivity contribution in [1.29, 1.82) is 0 Å². The van der Waals surface area contributed by atoms with Gasteiger partial charge >= 0.3 is 0 Å². The summed E-state index contributed by atoms with van der Waals surface area (Å²) in [5, 5.41) is 0. The van der Waals surface area contributed by atoms with Crippen LogP contribution in [0.1, 0.15) is 0 Å². The number of halogens is 1. The van der Waals surface area contributed by atoms with E-state index < -0.39 is 9.05 Å². The standard InChI is InChI=1S/C9H7ClN2O2S/c10-15(13,14)9-3-1-8(2-4-9)12-6-5-11-7-12/h1-7H. The smallest absolute Gasteiger partial charge is 0.261 e. The molecule has 2 rings (SSSR count). The summed E-state index contributed by atoms with van der Waals surface area (Å²) in [5.41, 5.74) is 0.830. The maximum atomic E-state index is 11.0. The third kappa shape index (κ3) is 2.19. The number of hydrogen-bond acceptors (Lipinski definition) is 3. The van der Waals surface area contributed by atoms with Crippen molar-refractivity contribution in [2.45, 2.75) is 4.90 Å². The van der Waals surface area contributed by atoms with E-state index in [-0.39, 0.29) is 4.90 Å². The van der Waals surface area contributed by atoms with Crippen LogP contribution in [0.5, 0.6) is 0 Å². The molecule has 0 aliphatic rings. The fourth-order valence-electron chi connectivity index (χ4n) is 1.19. The van der Waals surface area contributed by atoms with Crippen molar-refractivity contribution >= 4 is 19.7 Å². The SMILES string of the molecule is O=S(=O)(Cl)c1ccc(-n2ccnc2)cc1. The first-order valence-corrected chi connectivity index (χ1v) is 6.41. The van der Waals surface area contributed by atoms with Crippen LogP contribution >= 0.6 is 10.7 Å². The Bertz CT molecular complexity index is 546. The minimum absolute atomic E-state index is 0.0908. The van der Waals surface area contributed by atoms with Gasteiger partial charge in [0.15, 0.2) is 0 Å². The normalized spacial score (nSPS) is 11.5. The molecule has 0 saturated heterocycles. The number of rotatable bonds is 2. The maximum Gasteiger partial charge on any atom is 0.261 e. The van der Waals surface area contributed by atoms with E-state index in [1.165, 1.54) is 12.1 Å². The Balaban J connectivity index is 2.42. The maximum absolute atomic E-state index is 11.0. The van der Waals surface area contributed by atoms with E-state index in [0.29, 0.717) is 0 Å². The highest BCUT2D eigenvalue weighted by Gasteiger charge is 2.08. The van der Waals surface area contributed by atoms with Gasteiger partial charge in [-0.05, 0) is 24.3 Å². The molecule has 4 nitrogen and oxygen atoms in total. The van der Waals surface area contributed by atoms with E-state index in [1.54, 1.807) is 35.4 Å². The predicted octanol–water partition coefficient (Wildman–Crippen LogP) is 1.80. The van der Waals surface area contributed by atoms with Crippen LogP contribution in [0.2, 0.25) is 0 Å². The topological polar surface area (TPSA) is 52.0 Å². The lowest BCUT2D eigenvalue weighted by Gasteiger charge is -2.02. The van der Waals surface area contributed by atoms with Crippen LogP contribution in [-0.2, 0) is 9.05 Å². The fraction of sp³-hybridized carbons (Fsp3) is 0. The summed E-state index contributed by atoms with van der Waals surface area (Å²) >= 11 is 0. The Morgan fingerprint density at radius 1 is 1.20 bits per heavy atom. The average molecular weight is 243 g/mol. The first-order valence-electron chi connectivity index (χ1n) is 4.10. The first-order chi connectivity index (χ1) is 7.07. The number of hydrogen-bond donors (Lipinski definition) is 0. The molecule has 2 aromatic rings. The molecule has 0 saturated carbocycles. The van der Waals surface area contributed by atoms with Crippen LogP contribution in [-0.4, -0.2) is 18.0 Å². The molecule has 1 aromatic carbocycles. The van der Waals surface area contributed by atoms with E-state index in [1.807, 2.05) is 0 Å². The van der Waals surface area contributed by atoms with E-state index in [0.717, 1.165) is 5.69 Å². The van der Waals surface area contributed by atoms with Crippen molar-refractivity contribution in [3.63, 3.8) is 0 Å². The molecule has 0 unspecified atom stereocenters. The second kappa shape index (κ2) is 3.67. The molecule has 0 aliphatic carbocycles. The molecule has 1 aromatic heterocycles. The fourth-order valence-corrected chi connectivity index (χ4v) is 1.96. The van der Waals surface area contributed by atoms with Crippen LogP contribution in [0.4, 0.5) is 0 Å². The minimum atomic E-state index is -3.64. The zero-order chi connectivity index (χ0) is 10.9. The molecule has 0 aliphatic heterocycles. The van der Waals surface area contributed by atoms with E-state index in [9.17, 15) is 8.42 Å². The Kier molecular flexibility index (Phi) is 2.50.